The van der Waals surface area contributed by atoms with E-state index < -0.39 is 0 Å². The lowest BCUT2D eigenvalue weighted by Gasteiger charge is -2.06. The maximum atomic E-state index is 12.9. The number of thiophene rings is 1. The molecule has 0 aliphatic rings. The number of hydrogen-bond acceptors (Lipinski definition) is 5. The van der Waals surface area contributed by atoms with Crippen molar-refractivity contribution in [3.8, 4) is 11.1 Å². The number of hydrogen-bond donors (Lipinski definition) is 2. The fourth-order valence-corrected chi connectivity index (χ4v) is 4.67. The minimum Gasteiger partial charge on any atom is -0.351 e. The summed E-state index contributed by atoms with van der Waals surface area (Å²) < 4.78 is 12.9. The van der Waals surface area contributed by atoms with Crippen LogP contribution in [-0.4, -0.2) is 21.6 Å². The molecule has 0 atom stereocenters. The molecule has 4 rings (SSSR count). The Morgan fingerprint density at radius 2 is 1.90 bits per heavy atom. The van der Waals surface area contributed by atoms with E-state index in [-0.39, 0.29) is 23.0 Å². The van der Waals surface area contributed by atoms with Crippen LogP contribution in [-0.2, 0) is 17.1 Å². The maximum absolute atomic E-state index is 12.9. The lowest BCUT2D eigenvalue weighted by Crippen LogP contribution is -2.24. The van der Waals surface area contributed by atoms with Gasteiger partial charge in [0.25, 0.3) is 5.56 Å². The van der Waals surface area contributed by atoms with Gasteiger partial charge in [-0.15, -0.1) is 23.1 Å². The molecule has 2 N–H and O–H groups in total. The number of carbonyl (C=O) groups excluding carboxylic acids is 1. The standard InChI is InChI=1S/C22H18FN3O2S2/c23-16-8-6-14(7-9-16)10-24-19(27)13-29-12-18-25-21(28)20-17(11-30-22(20)26-18)15-4-2-1-3-5-15/h1-9,11H,10,12-13H2,(H,24,27)(H,25,26,28). The number of thioether (sulfide) groups is 1. The lowest BCUT2D eigenvalue weighted by molar-refractivity contribution is -0.118. The molecular weight excluding hydrogens is 421 g/mol. The lowest BCUT2D eigenvalue weighted by atomic mass is 10.1. The number of nitrogens with one attached hydrogen (secondary N) is 2. The highest BCUT2D eigenvalue weighted by atomic mass is 32.2. The Kier molecular flexibility index (Phi) is 6.25. The topological polar surface area (TPSA) is 74.8 Å². The number of H-pyrrole nitrogens is 1. The average molecular weight is 440 g/mol. The molecule has 8 heteroatoms. The summed E-state index contributed by atoms with van der Waals surface area (Å²) in [4.78, 5) is 32.7. The van der Waals surface area contributed by atoms with Crippen molar-refractivity contribution in [3.63, 3.8) is 0 Å². The van der Waals surface area contributed by atoms with Crippen molar-refractivity contribution in [1.29, 1.82) is 0 Å². The quantitative estimate of drug-likeness (QED) is 0.449. The minimum absolute atomic E-state index is 0.129. The highest BCUT2D eigenvalue weighted by Gasteiger charge is 2.13. The van der Waals surface area contributed by atoms with Gasteiger partial charge >= 0.3 is 0 Å². The Hall–Kier alpha value is -2.97. The fourth-order valence-electron chi connectivity index (χ4n) is 2.99. The monoisotopic (exact) mass is 439 g/mol. The van der Waals surface area contributed by atoms with Gasteiger partial charge in [-0.2, -0.15) is 0 Å². The zero-order valence-corrected chi connectivity index (χ0v) is 17.5. The molecule has 5 nitrogen and oxygen atoms in total. The van der Waals surface area contributed by atoms with Crippen LogP contribution in [0.2, 0.25) is 0 Å². The first kappa shape index (κ1) is 20.3. The molecule has 0 radical (unpaired) electrons. The van der Waals surface area contributed by atoms with Crippen LogP contribution >= 0.6 is 23.1 Å². The maximum Gasteiger partial charge on any atom is 0.260 e. The van der Waals surface area contributed by atoms with Gasteiger partial charge in [-0.05, 0) is 23.3 Å². The first-order valence-corrected chi connectivity index (χ1v) is 11.3. The smallest absolute Gasteiger partial charge is 0.260 e. The van der Waals surface area contributed by atoms with Gasteiger partial charge in [0.1, 0.15) is 16.5 Å². The van der Waals surface area contributed by atoms with E-state index in [2.05, 4.69) is 15.3 Å². The molecule has 0 fully saturated rings. The second kappa shape index (κ2) is 9.23. The Bertz CT molecular complexity index is 1220. The Balaban J connectivity index is 1.36. The van der Waals surface area contributed by atoms with E-state index >= 15 is 0 Å². The van der Waals surface area contributed by atoms with Crippen molar-refractivity contribution < 1.29 is 9.18 Å². The molecule has 0 aliphatic heterocycles. The number of carbonyl (C=O) groups is 1. The van der Waals surface area contributed by atoms with Gasteiger partial charge in [-0.1, -0.05) is 42.5 Å². The Morgan fingerprint density at radius 3 is 2.67 bits per heavy atom. The molecule has 2 aromatic carbocycles. The highest BCUT2D eigenvalue weighted by Crippen LogP contribution is 2.30. The van der Waals surface area contributed by atoms with Crippen LogP contribution in [0.1, 0.15) is 11.4 Å². The third kappa shape index (κ3) is 4.77. The molecule has 0 aliphatic carbocycles. The van der Waals surface area contributed by atoms with Crippen molar-refractivity contribution in [2.24, 2.45) is 0 Å². The number of nitrogens with zero attached hydrogens (tertiary/aromatic N) is 1. The van der Waals surface area contributed by atoms with Crippen molar-refractivity contribution >= 4 is 39.2 Å². The molecule has 0 unspecified atom stereocenters. The van der Waals surface area contributed by atoms with E-state index in [9.17, 15) is 14.0 Å². The van der Waals surface area contributed by atoms with Crippen molar-refractivity contribution in [2.45, 2.75) is 12.3 Å². The SMILES string of the molecule is O=C(CSCc1nc2scc(-c3ccccc3)c2c(=O)[nH]1)NCc1ccc(F)cc1. The largest absolute Gasteiger partial charge is 0.351 e. The third-order valence-electron chi connectivity index (χ3n) is 4.45. The molecule has 1 amide bonds. The second-order valence-electron chi connectivity index (χ2n) is 6.60. The molecule has 2 heterocycles. The van der Waals surface area contributed by atoms with E-state index in [0.717, 1.165) is 16.7 Å². The summed E-state index contributed by atoms with van der Waals surface area (Å²) in [5.74, 6) is 0.775. The number of aromatic amines is 1. The zero-order valence-electron chi connectivity index (χ0n) is 15.9. The molecule has 0 bridgehead atoms. The van der Waals surface area contributed by atoms with Crippen LogP contribution in [0.25, 0.3) is 21.3 Å². The molecule has 2 aromatic heterocycles. The first-order chi connectivity index (χ1) is 14.6. The molecular formula is C22H18FN3O2S2. The molecule has 4 aromatic rings. The van der Waals surface area contributed by atoms with E-state index in [1.54, 1.807) is 12.1 Å². The minimum atomic E-state index is -0.305. The van der Waals surface area contributed by atoms with Gasteiger partial charge in [-0.25, -0.2) is 9.37 Å². The number of aromatic nitrogens is 2. The predicted molar refractivity (Wildman–Crippen MR) is 120 cm³/mol. The van der Waals surface area contributed by atoms with Gasteiger partial charge in [-0.3, -0.25) is 9.59 Å². The van der Waals surface area contributed by atoms with E-state index in [1.165, 1.54) is 35.2 Å². The number of fused-ring (bicyclic) bond motifs is 1. The Morgan fingerprint density at radius 1 is 1.13 bits per heavy atom. The molecule has 30 heavy (non-hydrogen) atoms. The van der Waals surface area contributed by atoms with Gasteiger partial charge in [0.05, 0.1) is 16.9 Å². The van der Waals surface area contributed by atoms with Crippen LogP contribution in [0.5, 0.6) is 0 Å². The molecule has 152 valence electrons. The summed E-state index contributed by atoms with van der Waals surface area (Å²) in [6.07, 6.45) is 0. The summed E-state index contributed by atoms with van der Waals surface area (Å²) in [6, 6.07) is 15.7. The van der Waals surface area contributed by atoms with E-state index in [0.29, 0.717) is 28.3 Å². The van der Waals surface area contributed by atoms with Crippen LogP contribution in [0.4, 0.5) is 4.39 Å². The normalized spacial score (nSPS) is 11.0. The number of benzene rings is 2. The summed E-state index contributed by atoms with van der Waals surface area (Å²) in [7, 11) is 0. The van der Waals surface area contributed by atoms with E-state index in [1.807, 2.05) is 35.7 Å². The number of amides is 1. The van der Waals surface area contributed by atoms with Crippen LogP contribution < -0.4 is 10.9 Å². The zero-order chi connectivity index (χ0) is 20.9. The summed E-state index contributed by atoms with van der Waals surface area (Å²) in [5.41, 5.74) is 2.52. The highest BCUT2D eigenvalue weighted by molar-refractivity contribution is 7.99. The van der Waals surface area contributed by atoms with Gasteiger partial charge in [0.15, 0.2) is 0 Å². The van der Waals surface area contributed by atoms with Crippen LogP contribution in [0.15, 0.2) is 64.8 Å². The van der Waals surface area contributed by atoms with Crippen molar-refractivity contribution in [2.75, 3.05) is 5.75 Å². The second-order valence-corrected chi connectivity index (χ2v) is 8.45. The Labute approximate surface area is 180 Å². The molecule has 0 saturated carbocycles. The van der Waals surface area contributed by atoms with Gasteiger partial charge in [0, 0.05) is 17.5 Å². The molecule has 0 spiro atoms. The average Bonchev–Trinajstić information content (AvgIpc) is 3.19. The summed E-state index contributed by atoms with van der Waals surface area (Å²) in [6.45, 7) is 0.345. The van der Waals surface area contributed by atoms with Crippen LogP contribution in [0, 0.1) is 5.82 Å². The van der Waals surface area contributed by atoms with Crippen LogP contribution in [0.3, 0.4) is 0 Å². The van der Waals surface area contributed by atoms with Crippen molar-refractivity contribution in [3.05, 3.63) is 87.5 Å². The van der Waals surface area contributed by atoms with Crippen molar-refractivity contribution in [1.82, 2.24) is 15.3 Å². The van der Waals surface area contributed by atoms with E-state index in [4.69, 9.17) is 0 Å². The molecule has 0 saturated heterocycles. The summed E-state index contributed by atoms with van der Waals surface area (Å²) >= 11 is 2.81. The summed E-state index contributed by atoms with van der Waals surface area (Å²) in [5, 5.41) is 5.34. The predicted octanol–water partition coefficient (Wildman–Crippen LogP) is 4.34. The third-order valence-corrected chi connectivity index (χ3v) is 6.27. The first-order valence-electron chi connectivity index (χ1n) is 9.25. The van der Waals surface area contributed by atoms with Gasteiger partial charge in [0.2, 0.25) is 5.91 Å². The van der Waals surface area contributed by atoms with Gasteiger partial charge < -0.3 is 10.3 Å². The fraction of sp³-hybridized carbons (Fsp3) is 0.136. The number of halogens is 1. The number of rotatable bonds is 7.